The molecule has 3 rings (SSSR count). The van der Waals surface area contributed by atoms with E-state index in [2.05, 4.69) is 37.0 Å². The van der Waals surface area contributed by atoms with Crippen LogP contribution in [-0.2, 0) is 0 Å². The number of unbranched alkanes of at least 4 members (excludes halogenated alkanes) is 2. The fourth-order valence-corrected chi connectivity index (χ4v) is 4.00. The Labute approximate surface area is 145 Å². The molecule has 1 aliphatic rings. The fourth-order valence-electron chi connectivity index (χ4n) is 4.00. The maximum absolute atomic E-state index is 10.0. The van der Waals surface area contributed by atoms with Crippen LogP contribution < -0.4 is 4.74 Å². The molecule has 132 valence electrons. The van der Waals surface area contributed by atoms with Crippen LogP contribution in [0.1, 0.15) is 76.7 Å². The number of aromatic amines is 1. The first-order valence-corrected chi connectivity index (χ1v) is 9.63. The van der Waals surface area contributed by atoms with Crippen LogP contribution in [0.3, 0.4) is 0 Å². The maximum atomic E-state index is 10.0. The number of benzene rings is 1. The van der Waals surface area contributed by atoms with Gasteiger partial charge in [-0.05, 0) is 62.6 Å². The summed E-state index contributed by atoms with van der Waals surface area (Å²) in [5.41, 5.74) is 2.52. The van der Waals surface area contributed by atoms with Gasteiger partial charge in [-0.2, -0.15) is 0 Å². The van der Waals surface area contributed by atoms with Gasteiger partial charge in [-0.3, -0.25) is 0 Å². The predicted octanol–water partition coefficient (Wildman–Crippen LogP) is 5.53. The summed E-state index contributed by atoms with van der Waals surface area (Å²) in [5.74, 6) is 1.43. The van der Waals surface area contributed by atoms with E-state index in [1.165, 1.54) is 42.1 Å². The van der Waals surface area contributed by atoms with Crippen molar-refractivity contribution in [3.63, 3.8) is 0 Å². The number of rotatable bonds is 7. The number of ether oxygens (including phenoxy) is 1. The molecule has 1 fully saturated rings. The quantitative estimate of drug-likeness (QED) is 0.656. The number of hydrogen-bond donors (Lipinski definition) is 2. The third-order valence-corrected chi connectivity index (χ3v) is 5.34. The lowest BCUT2D eigenvalue weighted by Gasteiger charge is -2.27. The molecule has 3 nitrogen and oxygen atoms in total. The number of nitrogens with one attached hydrogen (secondary N) is 1. The predicted molar refractivity (Wildman–Crippen MR) is 99.7 cm³/mol. The van der Waals surface area contributed by atoms with Gasteiger partial charge in [0.15, 0.2) is 0 Å². The van der Waals surface area contributed by atoms with Gasteiger partial charge in [-0.25, -0.2) is 0 Å². The third-order valence-electron chi connectivity index (χ3n) is 5.34. The van der Waals surface area contributed by atoms with E-state index in [1.54, 1.807) is 0 Å². The molecular formula is C21H31NO2. The van der Waals surface area contributed by atoms with E-state index in [1.807, 2.05) is 6.20 Å². The summed E-state index contributed by atoms with van der Waals surface area (Å²) in [6, 6.07) is 6.45. The van der Waals surface area contributed by atoms with Crippen LogP contribution in [-0.4, -0.2) is 22.3 Å². The van der Waals surface area contributed by atoms with Crippen molar-refractivity contribution in [2.45, 2.75) is 83.3 Å². The zero-order valence-electron chi connectivity index (χ0n) is 15.1. The van der Waals surface area contributed by atoms with Gasteiger partial charge in [0, 0.05) is 11.6 Å². The van der Waals surface area contributed by atoms with Crippen molar-refractivity contribution in [2.24, 2.45) is 0 Å². The number of H-pyrrole nitrogens is 1. The van der Waals surface area contributed by atoms with Gasteiger partial charge in [0.05, 0.1) is 17.7 Å². The molecule has 0 spiro atoms. The molecule has 3 heteroatoms. The molecule has 0 aliphatic heterocycles. The van der Waals surface area contributed by atoms with Gasteiger partial charge in [0.25, 0.3) is 0 Å². The van der Waals surface area contributed by atoms with Crippen LogP contribution in [0.5, 0.6) is 5.75 Å². The average Bonchev–Trinajstić information content (AvgIpc) is 3.05. The molecule has 0 amide bonds. The SMILES string of the molecule is CCCCCC(C)Oc1ccc([C@H]2CCC[C@@H](O)C2)c2[nH]ccc12. The van der Waals surface area contributed by atoms with Gasteiger partial charge >= 0.3 is 0 Å². The lowest BCUT2D eigenvalue weighted by atomic mass is 9.82. The van der Waals surface area contributed by atoms with Gasteiger partial charge in [0.1, 0.15) is 5.75 Å². The van der Waals surface area contributed by atoms with Crippen molar-refractivity contribution in [3.8, 4) is 5.75 Å². The molecule has 2 N–H and O–H groups in total. The minimum Gasteiger partial charge on any atom is -0.490 e. The Bertz CT molecular complexity index is 648. The molecule has 1 aliphatic carbocycles. The van der Waals surface area contributed by atoms with Crippen molar-refractivity contribution < 1.29 is 9.84 Å². The van der Waals surface area contributed by atoms with E-state index in [-0.39, 0.29) is 12.2 Å². The maximum Gasteiger partial charge on any atom is 0.129 e. The summed E-state index contributed by atoms with van der Waals surface area (Å²) in [6.45, 7) is 4.40. The molecule has 0 bridgehead atoms. The smallest absolute Gasteiger partial charge is 0.129 e. The van der Waals surface area contributed by atoms with Crippen LogP contribution in [0.25, 0.3) is 10.9 Å². The van der Waals surface area contributed by atoms with E-state index in [0.29, 0.717) is 5.92 Å². The Morgan fingerprint density at radius 1 is 1.25 bits per heavy atom. The molecular weight excluding hydrogens is 298 g/mol. The second-order valence-corrected chi connectivity index (χ2v) is 7.36. The lowest BCUT2D eigenvalue weighted by Crippen LogP contribution is -2.18. The van der Waals surface area contributed by atoms with Crippen LogP contribution in [0, 0.1) is 0 Å². The first kappa shape index (κ1) is 17.3. The van der Waals surface area contributed by atoms with Crippen molar-refractivity contribution >= 4 is 10.9 Å². The monoisotopic (exact) mass is 329 g/mol. The first-order chi connectivity index (χ1) is 11.7. The van der Waals surface area contributed by atoms with Crippen molar-refractivity contribution in [3.05, 3.63) is 30.0 Å². The molecule has 1 saturated carbocycles. The van der Waals surface area contributed by atoms with Gasteiger partial charge in [-0.15, -0.1) is 0 Å². The van der Waals surface area contributed by atoms with Crippen LogP contribution >= 0.6 is 0 Å². The van der Waals surface area contributed by atoms with Gasteiger partial charge in [0.2, 0.25) is 0 Å². The largest absolute Gasteiger partial charge is 0.490 e. The molecule has 24 heavy (non-hydrogen) atoms. The van der Waals surface area contributed by atoms with Crippen molar-refractivity contribution in [1.82, 2.24) is 4.98 Å². The number of aromatic nitrogens is 1. The highest BCUT2D eigenvalue weighted by Crippen LogP contribution is 2.39. The normalized spacial score (nSPS) is 22.6. The molecule has 0 saturated heterocycles. The van der Waals surface area contributed by atoms with Gasteiger partial charge in [-0.1, -0.05) is 32.3 Å². The number of aliphatic hydroxyl groups is 1. The molecule has 1 unspecified atom stereocenters. The zero-order valence-corrected chi connectivity index (χ0v) is 15.1. The number of aliphatic hydroxyl groups excluding tert-OH is 1. The lowest BCUT2D eigenvalue weighted by molar-refractivity contribution is 0.120. The van der Waals surface area contributed by atoms with Crippen LogP contribution in [0.2, 0.25) is 0 Å². The van der Waals surface area contributed by atoms with Crippen LogP contribution in [0.4, 0.5) is 0 Å². The highest BCUT2D eigenvalue weighted by atomic mass is 16.5. The highest BCUT2D eigenvalue weighted by molar-refractivity contribution is 5.89. The Balaban J connectivity index is 1.77. The Morgan fingerprint density at radius 2 is 2.12 bits per heavy atom. The summed E-state index contributed by atoms with van der Waals surface area (Å²) >= 11 is 0. The van der Waals surface area contributed by atoms with E-state index in [0.717, 1.165) is 31.4 Å². The topological polar surface area (TPSA) is 45.2 Å². The van der Waals surface area contributed by atoms with Crippen molar-refractivity contribution in [2.75, 3.05) is 0 Å². The minimum absolute atomic E-state index is 0.150. The Hall–Kier alpha value is -1.48. The third kappa shape index (κ3) is 3.94. The molecule has 1 aromatic carbocycles. The summed E-state index contributed by atoms with van der Waals surface area (Å²) in [6.07, 6.45) is 11.1. The van der Waals surface area contributed by atoms with E-state index >= 15 is 0 Å². The number of hydrogen-bond acceptors (Lipinski definition) is 2. The molecule has 2 aromatic rings. The summed E-state index contributed by atoms with van der Waals surface area (Å²) in [5, 5.41) is 11.2. The molecule has 1 heterocycles. The standard InChI is InChI=1S/C21H31NO2/c1-3-4-5-7-15(2)24-20-11-10-18(21-19(20)12-13-22-21)16-8-6-9-17(23)14-16/h10-13,15-17,22-23H,3-9,14H2,1-2H3/t15?,16-,17+/m0/s1. The summed E-state index contributed by atoms with van der Waals surface area (Å²) in [7, 11) is 0. The number of fused-ring (bicyclic) bond motifs is 1. The van der Waals surface area contributed by atoms with Crippen molar-refractivity contribution in [1.29, 1.82) is 0 Å². The van der Waals surface area contributed by atoms with Crippen LogP contribution in [0.15, 0.2) is 24.4 Å². The molecule has 3 atom stereocenters. The highest BCUT2D eigenvalue weighted by Gasteiger charge is 2.24. The van der Waals surface area contributed by atoms with Gasteiger partial charge < -0.3 is 14.8 Å². The summed E-state index contributed by atoms with van der Waals surface area (Å²) < 4.78 is 6.23. The minimum atomic E-state index is -0.150. The fraction of sp³-hybridized carbons (Fsp3) is 0.619. The average molecular weight is 329 g/mol. The Kier molecular flexibility index (Phi) is 5.83. The first-order valence-electron chi connectivity index (χ1n) is 9.63. The summed E-state index contributed by atoms with van der Waals surface area (Å²) in [4.78, 5) is 3.40. The Morgan fingerprint density at radius 3 is 2.92 bits per heavy atom. The van der Waals surface area contributed by atoms with E-state index < -0.39 is 0 Å². The van der Waals surface area contributed by atoms with E-state index in [9.17, 15) is 5.11 Å². The molecule has 0 radical (unpaired) electrons. The molecule has 1 aromatic heterocycles. The van der Waals surface area contributed by atoms with E-state index in [4.69, 9.17) is 4.74 Å². The second-order valence-electron chi connectivity index (χ2n) is 7.36. The zero-order chi connectivity index (χ0) is 16.9. The second kappa shape index (κ2) is 8.06.